The van der Waals surface area contributed by atoms with Crippen LogP contribution in [0.25, 0.3) is 0 Å². The lowest BCUT2D eigenvalue weighted by Gasteiger charge is -2.26. The first-order valence-corrected chi connectivity index (χ1v) is 9.90. The molecule has 1 N–H and O–H groups in total. The van der Waals surface area contributed by atoms with E-state index in [1.54, 1.807) is 62.5 Å². The number of aliphatic hydroxyl groups excluding tert-OH is 1. The molecule has 2 aromatic heterocycles. The predicted octanol–water partition coefficient (Wildman–Crippen LogP) is 3.81. The van der Waals surface area contributed by atoms with Gasteiger partial charge in [-0.3, -0.25) is 19.5 Å². The minimum absolute atomic E-state index is 0.0326. The first-order chi connectivity index (χ1) is 14.4. The van der Waals surface area contributed by atoms with E-state index in [0.717, 1.165) is 5.01 Å². The number of carbonyl (C=O) groups excluding carboxylic acids is 2. The van der Waals surface area contributed by atoms with Gasteiger partial charge >= 0.3 is 0 Å². The number of pyridine rings is 1. The Hall–Kier alpha value is -3.83. The van der Waals surface area contributed by atoms with E-state index in [0.29, 0.717) is 27.5 Å². The normalized spacial score (nSPS) is 16.1. The number of nitrogens with zero attached hydrogens (tertiary/aromatic N) is 4. The molecule has 3 aromatic rings. The van der Waals surface area contributed by atoms with Crippen molar-refractivity contribution in [1.29, 1.82) is 5.26 Å². The van der Waals surface area contributed by atoms with Crippen LogP contribution in [0.15, 0.2) is 60.0 Å². The summed E-state index contributed by atoms with van der Waals surface area (Å²) in [7, 11) is 0. The number of nitriles is 1. The Morgan fingerprint density at radius 2 is 1.93 bits per heavy atom. The topological polar surface area (TPSA) is 107 Å². The number of amides is 1. The molecular formula is C22H16N4O3S. The number of hydrogen-bond acceptors (Lipinski definition) is 7. The fourth-order valence-corrected chi connectivity index (χ4v) is 4.36. The molecule has 0 aliphatic carbocycles. The molecule has 7 nitrogen and oxygen atoms in total. The van der Waals surface area contributed by atoms with Gasteiger partial charge in [0.25, 0.3) is 5.91 Å². The third-order valence-corrected chi connectivity index (χ3v) is 5.88. The second-order valence-corrected chi connectivity index (χ2v) is 7.93. The van der Waals surface area contributed by atoms with Gasteiger partial charge in [0.2, 0.25) is 5.78 Å². The maximum Gasteiger partial charge on any atom is 0.294 e. The molecule has 1 aliphatic heterocycles. The van der Waals surface area contributed by atoms with Crippen LogP contribution in [0.2, 0.25) is 0 Å². The minimum Gasteiger partial charge on any atom is -0.503 e. The van der Waals surface area contributed by atoms with Crippen molar-refractivity contribution < 1.29 is 14.7 Å². The highest BCUT2D eigenvalue weighted by molar-refractivity contribution is 7.14. The summed E-state index contributed by atoms with van der Waals surface area (Å²) < 4.78 is 0. The second kappa shape index (κ2) is 7.54. The van der Waals surface area contributed by atoms with Crippen LogP contribution in [-0.2, 0) is 4.79 Å². The molecule has 1 unspecified atom stereocenters. The van der Waals surface area contributed by atoms with E-state index in [2.05, 4.69) is 9.97 Å². The Balaban J connectivity index is 1.87. The molecule has 148 valence electrons. The number of aromatic nitrogens is 2. The van der Waals surface area contributed by atoms with Crippen molar-refractivity contribution in [2.75, 3.05) is 4.90 Å². The molecule has 3 heterocycles. The summed E-state index contributed by atoms with van der Waals surface area (Å²) in [6.45, 7) is 3.51. The van der Waals surface area contributed by atoms with E-state index in [1.807, 2.05) is 6.07 Å². The van der Waals surface area contributed by atoms with Gasteiger partial charge in [-0.05, 0) is 50.2 Å². The Morgan fingerprint density at radius 1 is 1.20 bits per heavy atom. The number of hydrogen-bond donors (Lipinski definition) is 1. The van der Waals surface area contributed by atoms with Gasteiger partial charge < -0.3 is 5.11 Å². The highest BCUT2D eigenvalue weighted by Crippen LogP contribution is 2.42. The maximum atomic E-state index is 13.4. The fourth-order valence-electron chi connectivity index (χ4n) is 3.48. The molecule has 0 radical (unpaired) electrons. The molecule has 0 fully saturated rings. The summed E-state index contributed by atoms with van der Waals surface area (Å²) in [5.41, 5.74) is 1.84. The molecule has 0 bridgehead atoms. The zero-order valence-electron chi connectivity index (χ0n) is 16.2. The lowest BCUT2D eigenvalue weighted by atomic mass is 9.98. The van der Waals surface area contributed by atoms with Crippen molar-refractivity contribution in [1.82, 2.24) is 9.97 Å². The highest BCUT2D eigenvalue weighted by Gasteiger charge is 2.45. The number of rotatable bonds is 4. The predicted molar refractivity (Wildman–Crippen MR) is 111 cm³/mol. The van der Waals surface area contributed by atoms with Crippen molar-refractivity contribution in [3.05, 3.63) is 86.8 Å². The number of anilines is 1. The fraction of sp³-hybridized carbons (Fsp3) is 0.136. The number of aliphatic hydroxyl groups is 1. The number of Topliss-reactive ketones (excluding diaryl/α,β-unsaturated/α-hetero) is 1. The number of carbonyl (C=O) groups is 2. The van der Waals surface area contributed by atoms with Gasteiger partial charge in [-0.2, -0.15) is 5.26 Å². The van der Waals surface area contributed by atoms with E-state index in [1.165, 1.54) is 16.2 Å². The van der Waals surface area contributed by atoms with Crippen LogP contribution in [-0.4, -0.2) is 26.8 Å². The lowest BCUT2D eigenvalue weighted by Crippen LogP contribution is -2.31. The van der Waals surface area contributed by atoms with Gasteiger partial charge in [0.05, 0.1) is 38.5 Å². The van der Waals surface area contributed by atoms with Crippen molar-refractivity contribution in [2.45, 2.75) is 19.9 Å². The number of aryl methyl sites for hydroxylation is 2. The number of benzene rings is 1. The molecule has 1 aliphatic rings. The molecule has 0 saturated heterocycles. The Kier molecular flexibility index (Phi) is 4.90. The molecule has 4 rings (SSSR count). The average Bonchev–Trinajstić information content (AvgIpc) is 3.24. The molecule has 30 heavy (non-hydrogen) atoms. The molecule has 1 amide bonds. The van der Waals surface area contributed by atoms with Gasteiger partial charge in [0, 0.05) is 11.9 Å². The standard InChI is InChI=1S/C22H16N4O3S/c1-12-21(30-13(2)25-12)19(27)17-18(16-5-3-4-10-24-16)26(22(29)20(17)28)15-8-6-14(11-23)7-9-15/h3-10,18,28H,1-2H3. The van der Waals surface area contributed by atoms with Gasteiger partial charge in [0.1, 0.15) is 6.04 Å². The number of ketones is 1. The van der Waals surface area contributed by atoms with Crippen molar-refractivity contribution in [2.24, 2.45) is 0 Å². The van der Waals surface area contributed by atoms with E-state index < -0.39 is 23.5 Å². The summed E-state index contributed by atoms with van der Waals surface area (Å²) in [5.74, 6) is -1.75. The summed E-state index contributed by atoms with van der Waals surface area (Å²) in [6.07, 6.45) is 1.57. The van der Waals surface area contributed by atoms with Crippen LogP contribution >= 0.6 is 11.3 Å². The van der Waals surface area contributed by atoms with Gasteiger partial charge in [-0.25, -0.2) is 4.98 Å². The van der Waals surface area contributed by atoms with Crippen LogP contribution < -0.4 is 4.90 Å². The van der Waals surface area contributed by atoms with Crippen LogP contribution in [0.5, 0.6) is 0 Å². The third kappa shape index (κ3) is 3.15. The van der Waals surface area contributed by atoms with Crippen molar-refractivity contribution in [3.8, 4) is 6.07 Å². The number of thiazole rings is 1. The summed E-state index contributed by atoms with van der Waals surface area (Å²) >= 11 is 1.22. The molecule has 1 aromatic carbocycles. The smallest absolute Gasteiger partial charge is 0.294 e. The van der Waals surface area contributed by atoms with Gasteiger partial charge in [0.15, 0.2) is 5.76 Å². The third-order valence-electron chi connectivity index (χ3n) is 4.81. The lowest BCUT2D eigenvalue weighted by molar-refractivity contribution is -0.117. The largest absolute Gasteiger partial charge is 0.503 e. The molecular weight excluding hydrogens is 400 g/mol. The zero-order chi connectivity index (χ0) is 21.4. The Bertz CT molecular complexity index is 1220. The molecule has 8 heteroatoms. The van der Waals surface area contributed by atoms with Gasteiger partial charge in [-0.1, -0.05) is 6.07 Å². The van der Waals surface area contributed by atoms with E-state index >= 15 is 0 Å². The Morgan fingerprint density at radius 3 is 2.50 bits per heavy atom. The highest BCUT2D eigenvalue weighted by atomic mass is 32.1. The first kappa shape index (κ1) is 19.5. The van der Waals surface area contributed by atoms with Gasteiger partial charge in [-0.15, -0.1) is 11.3 Å². The van der Waals surface area contributed by atoms with Crippen molar-refractivity contribution in [3.63, 3.8) is 0 Å². The molecule has 0 spiro atoms. The van der Waals surface area contributed by atoms with Crippen LogP contribution in [0.1, 0.15) is 37.7 Å². The monoisotopic (exact) mass is 416 g/mol. The molecule has 1 atom stereocenters. The second-order valence-electron chi connectivity index (χ2n) is 6.73. The first-order valence-electron chi connectivity index (χ1n) is 9.09. The zero-order valence-corrected chi connectivity index (χ0v) is 17.0. The summed E-state index contributed by atoms with van der Waals surface area (Å²) in [5, 5.41) is 20.5. The van der Waals surface area contributed by atoms with Crippen LogP contribution in [0.4, 0.5) is 5.69 Å². The molecule has 0 saturated carbocycles. The van der Waals surface area contributed by atoms with Crippen LogP contribution in [0, 0.1) is 25.2 Å². The maximum absolute atomic E-state index is 13.4. The SMILES string of the molecule is Cc1nc(C)c(C(=O)C2=C(O)C(=O)N(c3ccc(C#N)cc3)C2c2ccccn2)s1. The Labute approximate surface area is 176 Å². The minimum atomic E-state index is -0.902. The average molecular weight is 416 g/mol. The van der Waals surface area contributed by atoms with E-state index in [4.69, 9.17) is 5.26 Å². The van der Waals surface area contributed by atoms with E-state index in [-0.39, 0.29) is 5.57 Å². The van der Waals surface area contributed by atoms with E-state index in [9.17, 15) is 14.7 Å². The summed E-state index contributed by atoms with van der Waals surface area (Å²) in [6, 6.07) is 12.7. The quantitative estimate of drug-likeness (QED) is 0.648. The van der Waals surface area contributed by atoms with Crippen LogP contribution in [0.3, 0.4) is 0 Å². The summed E-state index contributed by atoms with van der Waals surface area (Å²) in [4.78, 5) is 36.8. The van der Waals surface area contributed by atoms with Crippen molar-refractivity contribution >= 4 is 28.7 Å².